The van der Waals surface area contributed by atoms with Crippen LogP contribution >= 0.6 is 0 Å². The number of hydrogen-bond donors (Lipinski definition) is 1. The highest BCUT2D eigenvalue weighted by atomic mass is 16.5. The quantitative estimate of drug-likeness (QED) is 0.692. The number of carbonyl (C=O) groups is 1. The van der Waals surface area contributed by atoms with Gasteiger partial charge in [0.15, 0.2) is 5.78 Å². The van der Waals surface area contributed by atoms with E-state index in [1.165, 1.54) is 17.2 Å². The van der Waals surface area contributed by atoms with Crippen LogP contribution in [0.15, 0.2) is 41.5 Å². The third-order valence-electron chi connectivity index (χ3n) is 4.41. The summed E-state index contributed by atoms with van der Waals surface area (Å²) in [4.78, 5) is 12.3. The molecule has 0 amide bonds. The van der Waals surface area contributed by atoms with Crippen LogP contribution in [0.1, 0.15) is 70.2 Å². The minimum absolute atomic E-state index is 0.0407. The number of hydrogen-bond acceptors (Lipinski definition) is 3. The first-order valence-electron chi connectivity index (χ1n) is 8.63. The average molecular weight is 328 g/mol. The fraction of sp³-hybridized carbons (Fsp3) is 0.476. The molecule has 1 N–H and O–H groups in total. The third kappa shape index (κ3) is 4.98. The summed E-state index contributed by atoms with van der Waals surface area (Å²) in [6.07, 6.45) is 8.72. The zero-order chi connectivity index (χ0) is 17.7. The minimum atomic E-state index is -0.474. The molecule has 2 rings (SSSR count). The SMILES string of the molecule is CC(C)=CCC/C(C)=C\CCC1(C)CC(=O)c2cc(O)ccc2O1. The molecule has 0 saturated carbocycles. The van der Waals surface area contributed by atoms with Crippen LogP contribution < -0.4 is 4.74 Å². The van der Waals surface area contributed by atoms with Crippen LogP contribution in [0.25, 0.3) is 0 Å². The van der Waals surface area contributed by atoms with Crippen molar-refractivity contribution in [2.45, 2.75) is 65.4 Å². The van der Waals surface area contributed by atoms with E-state index in [-0.39, 0.29) is 11.5 Å². The molecule has 0 fully saturated rings. The predicted octanol–water partition coefficient (Wildman–Crippen LogP) is 5.59. The number of aromatic hydroxyl groups is 1. The van der Waals surface area contributed by atoms with Crippen LogP contribution in [-0.4, -0.2) is 16.5 Å². The summed E-state index contributed by atoms with van der Waals surface area (Å²) in [5.41, 5.74) is 2.75. The Hall–Kier alpha value is -2.03. The molecule has 0 spiro atoms. The second-order valence-corrected chi connectivity index (χ2v) is 7.24. The van der Waals surface area contributed by atoms with Gasteiger partial charge in [-0.1, -0.05) is 23.3 Å². The Morgan fingerprint density at radius 3 is 2.71 bits per heavy atom. The van der Waals surface area contributed by atoms with Gasteiger partial charge in [-0.25, -0.2) is 0 Å². The van der Waals surface area contributed by atoms with Crippen LogP contribution in [-0.2, 0) is 0 Å². The monoisotopic (exact) mass is 328 g/mol. The van der Waals surface area contributed by atoms with E-state index in [0.29, 0.717) is 17.7 Å². The number of fused-ring (bicyclic) bond motifs is 1. The summed E-state index contributed by atoms with van der Waals surface area (Å²) in [5.74, 6) is 0.721. The van der Waals surface area contributed by atoms with Crippen LogP contribution in [0.3, 0.4) is 0 Å². The Labute approximate surface area is 145 Å². The van der Waals surface area contributed by atoms with Crippen molar-refractivity contribution in [1.82, 2.24) is 0 Å². The zero-order valence-electron chi connectivity index (χ0n) is 15.2. The van der Waals surface area contributed by atoms with E-state index in [0.717, 1.165) is 25.7 Å². The second kappa shape index (κ2) is 7.69. The van der Waals surface area contributed by atoms with Crippen LogP contribution in [0, 0.1) is 0 Å². The molecule has 0 radical (unpaired) electrons. The fourth-order valence-electron chi connectivity index (χ4n) is 3.02. The molecule has 24 heavy (non-hydrogen) atoms. The normalized spacial score (nSPS) is 20.3. The molecule has 0 aromatic heterocycles. The first-order chi connectivity index (χ1) is 11.3. The Balaban J connectivity index is 1.94. The van der Waals surface area contributed by atoms with Gasteiger partial charge in [0.25, 0.3) is 0 Å². The maximum absolute atomic E-state index is 12.3. The van der Waals surface area contributed by atoms with Crippen molar-refractivity contribution < 1.29 is 14.6 Å². The molecule has 0 saturated heterocycles. The summed E-state index contributed by atoms with van der Waals surface area (Å²) in [6, 6.07) is 4.73. The molecule has 0 aliphatic carbocycles. The van der Waals surface area contributed by atoms with Gasteiger partial charge in [0.1, 0.15) is 17.1 Å². The molecule has 1 aliphatic heterocycles. The van der Waals surface area contributed by atoms with Gasteiger partial charge in [-0.2, -0.15) is 0 Å². The molecule has 1 aromatic rings. The first-order valence-corrected chi connectivity index (χ1v) is 8.63. The molecule has 1 aromatic carbocycles. The van der Waals surface area contributed by atoms with Gasteiger partial charge in [-0.05, 0) is 71.6 Å². The number of carbonyl (C=O) groups excluding carboxylic acids is 1. The van der Waals surface area contributed by atoms with Gasteiger partial charge in [0, 0.05) is 0 Å². The highest BCUT2D eigenvalue weighted by molar-refractivity contribution is 6.00. The predicted molar refractivity (Wildman–Crippen MR) is 97.7 cm³/mol. The Morgan fingerprint density at radius 2 is 2.00 bits per heavy atom. The number of allylic oxidation sites excluding steroid dienone is 4. The standard InChI is InChI=1S/C21H28O3/c1-15(2)7-5-8-16(3)9-6-12-21(4)14-19(23)18-13-17(22)10-11-20(18)24-21/h7,9-11,13,22H,5-6,8,12,14H2,1-4H3/b16-9-. The molecule has 3 heteroatoms. The van der Waals surface area contributed by atoms with Gasteiger partial charge in [0.05, 0.1) is 12.0 Å². The maximum atomic E-state index is 12.3. The molecule has 1 aliphatic rings. The number of phenols is 1. The van der Waals surface area contributed by atoms with E-state index >= 15 is 0 Å². The van der Waals surface area contributed by atoms with E-state index in [2.05, 4.69) is 32.9 Å². The van der Waals surface area contributed by atoms with Gasteiger partial charge < -0.3 is 9.84 Å². The molecule has 130 valence electrons. The molecule has 0 bridgehead atoms. The zero-order valence-corrected chi connectivity index (χ0v) is 15.2. The summed E-state index contributed by atoms with van der Waals surface area (Å²) >= 11 is 0. The third-order valence-corrected chi connectivity index (χ3v) is 4.41. The van der Waals surface area contributed by atoms with Crippen molar-refractivity contribution in [3.8, 4) is 11.5 Å². The lowest BCUT2D eigenvalue weighted by molar-refractivity contribution is 0.0474. The lowest BCUT2D eigenvalue weighted by Crippen LogP contribution is -2.39. The van der Waals surface area contributed by atoms with Crippen molar-refractivity contribution in [2.75, 3.05) is 0 Å². The summed E-state index contributed by atoms with van der Waals surface area (Å²) in [6.45, 7) is 8.39. The summed E-state index contributed by atoms with van der Waals surface area (Å²) in [5, 5.41) is 9.52. The lowest BCUT2D eigenvalue weighted by atomic mass is 9.87. The number of Topliss-reactive ketones (excluding diaryl/α,β-unsaturated/α-hetero) is 1. The Morgan fingerprint density at radius 1 is 1.25 bits per heavy atom. The van der Waals surface area contributed by atoms with Crippen LogP contribution in [0.2, 0.25) is 0 Å². The second-order valence-electron chi connectivity index (χ2n) is 7.24. The fourth-order valence-corrected chi connectivity index (χ4v) is 3.02. The molecule has 1 unspecified atom stereocenters. The maximum Gasteiger partial charge on any atom is 0.170 e. The van der Waals surface area contributed by atoms with Crippen molar-refractivity contribution in [3.05, 3.63) is 47.1 Å². The average Bonchev–Trinajstić information content (AvgIpc) is 2.47. The van der Waals surface area contributed by atoms with Crippen molar-refractivity contribution in [3.63, 3.8) is 0 Å². The first kappa shape index (κ1) is 18.3. The Kier molecular flexibility index (Phi) is 5.87. The molecule has 3 nitrogen and oxygen atoms in total. The largest absolute Gasteiger partial charge is 0.508 e. The highest BCUT2D eigenvalue weighted by Crippen LogP contribution is 2.37. The topological polar surface area (TPSA) is 46.5 Å². The number of phenolic OH excluding ortho intramolecular Hbond substituents is 1. The van der Waals surface area contributed by atoms with Gasteiger partial charge in [0.2, 0.25) is 0 Å². The van der Waals surface area contributed by atoms with E-state index < -0.39 is 5.60 Å². The smallest absolute Gasteiger partial charge is 0.170 e. The van der Waals surface area contributed by atoms with E-state index in [4.69, 9.17) is 4.74 Å². The van der Waals surface area contributed by atoms with Gasteiger partial charge in [-0.3, -0.25) is 4.79 Å². The number of rotatable bonds is 6. The van der Waals surface area contributed by atoms with Crippen LogP contribution in [0.5, 0.6) is 11.5 Å². The summed E-state index contributed by atoms with van der Waals surface area (Å²) in [7, 11) is 0. The van der Waals surface area contributed by atoms with Crippen molar-refractivity contribution in [1.29, 1.82) is 0 Å². The number of ether oxygens (including phenoxy) is 1. The molecule has 1 heterocycles. The van der Waals surface area contributed by atoms with Gasteiger partial charge in [-0.15, -0.1) is 0 Å². The number of ketones is 1. The van der Waals surface area contributed by atoms with E-state index in [1.54, 1.807) is 12.1 Å². The highest BCUT2D eigenvalue weighted by Gasteiger charge is 2.36. The van der Waals surface area contributed by atoms with E-state index in [1.807, 2.05) is 6.92 Å². The molecular formula is C21H28O3. The summed E-state index contributed by atoms with van der Waals surface area (Å²) < 4.78 is 6.07. The van der Waals surface area contributed by atoms with Crippen molar-refractivity contribution >= 4 is 5.78 Å². The lowest BCUT2D eigenvalue weighted by Gasteiger charge is -2.34. The molecule has 1 atom stereocenters. The Bertz CT molecular complexity index is 666. The van der Waals surface area contributed by atoms with E-state index in [9.17, 15) is 9.90 Å². The number of benzene rings is 1. The minimum Gasteiger partial charge on any atom is -0.508 e. The van der Waals surface area contributed by atoms with Gasteiger partial charge >= 0.3 is 0 Å². The molecular weight excluding hydrogens is 300 g/mol. The van der Waals surface area contributed by atoms with Crippen LogP contribution in [0.4, 0.5) is 0 Å². The van der Waals surface area contributed by atoms with Crippen molar-refractivity contribution in [2.24, 2.45) is 0 Å².